The summed E-state index contributed by atoms with van der Waals surface area (Å²) in [6.07, 6.45) is 1.46. The van der Waals surface area contributed by atoms with E-state index >= 15 is 0 Å². The van der Waals surface area contributed by atoms with Crippen molar-refractivity contribution < 1.29 is 0 Å². The molecule has 2 heterocycles. The smallest absolute Gasteiger partial charge is 0.268 e. The van der Waals surface area contributed by atoms with Gasteiger partial charge in [0.1, 0.15) is 8.72 Å². The number of rotatable bonds is 3. The molecule has 0 aliphatic rings. The van der Waals surface area contributed by atoms with Gasteiger partial charge in [0.2, 0.25) is 0 Å². The predicted octanol–water partition coefficient (Wildman–Crippen LogP) is 2.84. The van der Waals surface area contributed by atoms with Crippen LogP contribution in [-0.2, 0) is 13.1 Å². The van der Waals surface area contributed by atoms with E-state index in [-0.39, 0.29) is 10.7 Å². The topological polar surface area (TPSA) is 52.7 Å². The first kappa shape index (κ1) is 15.0. The molecule has 0 unspecified atom stereocenters. The van der Waals surface area contributed by atoms with E-state index in [1.165, 1.54) is 10.9 Å². The Bertz CT molecular complexity index is 682. The van der Waals surface area contributed by atoms with Gasteiger partial charge in [0.05, 0.1) is 28.7 Å². The number of hydrogen-bond donors (Lipinski definition) is 0. The van der Waals surface area contributed by atoms with Crippen LogP contribution in [0.2, 0.25) is 5.15 Å². The Labute approximate surface area is 137 Å². The van der Waals surface area contributed by atoms with Gasteiger partial charge < -0.3 is 0 Å². The maximum absolute atomic E-state index is 12.1. The lowest BCUT2D eigenvalue weighted by atomic mass is 10.3. The summed E-state index contributed by atoms with van der Waals surface area (Å²) in [5.41, 5.74) is 1.71. The molecule has 5 nitrogen and oxygen atoms in total. The van der Waals surface area contributed by atoms with Gasteiger partial charge in [0.25, 0.3) is 5.56 Å². The number of aryl methyl sites for hydroxylation is 2. The van der Waals surface area contributed by atoms with Crippen molar-refractivity contribution in [1.29, 1.82) is 0 Å². The minimum absolute atomic E-state index is 0.144. The third-order valence-electron chi connectivity index (χ3n) is 2.71. The molecule has 0 saturated carbocycles. The Kier molecular flexibility index (Phi) is 4.67. The molecule has 2 aromatic heterocycles. The van der Waals surface area contributed by atoms with Crippen molar-refractivity contribution in [2.75, 3.05) is 0 Å². The van der Waals surface area contributed by atoms with Gasteiger partial charge in [-0.1, -0.05) is 11.6 Å². The van der Waals surface area contributed by atoms with Crippen LogP contribution in [0, 0.1) is 10.5 Å². The Balaban J connectivity index is 2.48. The maximum atomic E-state index is 12.1. The van der Waals surface area contributed by atoms with Gasteiger partial charge in [-0.25, -0.2) is 4.98 Å². The summed E-state index contributed by atoms with van der Waals surface area (Å²) >= 11 is 11.2. The molecule has 0 aromatic carbocycles. The van der Waals surface area contributed by atoms with Crippen LogP contribution in [0.1, 0.15) is 18.3 Å². The zero-order chi connectivity index (χ0) is 14.2. The summed E-state index contributed by atoms with van der Waals surface area (Å²) in [6, 6.07) is 0. The highest BCUT2D eigenvalue weighted by Gasteiger charge is 2.14. The molecule has 0 spiro atoms. The van der Waals surface area contributed by atoms with E-state index in [2.05, 4.69) is 26.0 Å². The second kappa shape index (κ2) is 5.92. The first-order valence-electron chi connectivity index (χ1n) is 5.58. The fourth-order valence-corrected chi connectivity index (χ4v) is 2.72. The zero-order valence-corrected chi connectivity index (χ0v) is 14.8. The number of aromatic nitrogens is 4. The van der Waals surface area contributed by atoms with Crippen LogP contribution in [0.3, 0.4) is 0 Å². The normalized spacial score (nSPS) is 11.0. The monoisotopic (exact) mass is 456 g/mol. The van der Waals surface area contributed by atoms with E-state index in [9.17, 15) is 4.79 Å². The number of hydrogen-bond acceptors (Lipinski definition) is 3. The molecule has 0 bridgehead atoms. The quantitative estimate of drug-likeness (QED) is 0.526. The molecule has 2 rings (SSSR count). The van der Waals surface area contributed by atoms with E-state index in [1.807, 2.05) is 41.1 Å². The minimum Gasteiger partial charge on any atom is -0.292 e. The van der Waals surface area contributed by atoms with E-state index in [1.54, 1.807) is 0 Å². The van der Waals surface area contributed by atoms with E-state index < -0.39 is 0 Å². The second-order valence-corrected chi connectivity index (χ2v) is 6.17. The first-order valence-corrected chi connectivity index (χ1v) is 7.82. The standard InChI is InChI=1S/C11H11BrClIN4O/c1-3-18-7(8(12)6(2)16-18)4-17-5-15-10(13)9(14)11(17)19/h5H,3-4H2,1-2H3. The molecule has 0 N–H and O–H groups in total. The average molecular weight is 457 g/mol. The molecule has 2 aromatic rings. The molecular formula is C11H11BrClIN4O. The van der Waals surface area contributed by atoms with Crippen LogP contribution < -0.4 is 5.56 Å². The van der Waals surface area contributed by atoms with Crippen LogP contribution >= 0.6 is 50.1 Å². The highest BCUT2D eigenvalue weighted by atomic mass is 127. The molecule has 0 amide bonds. The SMILES string of the molecule is CCn1nc(C)c(Br)c1Cn1cnc(Cl)c(I)c1=O. The molecule has 0 atom stereocenters. The summed E-state index contributed by atoms with van der Waals surface area (Å²) in [5.74, 6) is 0. The molecular weight excluding hydrogens is 446 g/mol. The van der Waals surface area contributed by atoms with Gasteiger partial charge in [-0.05, 0) is 52.4 Å². The molecule has 0 radical (unpaired) electrons. The van der Waals surface area contributed by atoms with Crippen LogP contribution in [0.25, 0.3) is 0 Å². The fraction of sp³-hybridized carbons (Fsp3) is 0.364. The van der Waals surface area contributed by atoms with Gasteiger partial charge in [0.15, 0.2) is 0 Å². The maximum Gasteiger partial charge on any atom is 0.268 e. The van der Waals surface area contributed by atoms with Gasteiger partial charge >= 0.3 is 0 Å². The summed E-state index contributed by atoms with van der Waals surface area (Å²) in [4.78, 5) is 16.1. The van der Waals surface area contributed by atoms with Crippen molar-refractivity contribution in [2.24, 2.45) is 0 Å². The van der Waals surface area contributed by atoms with Crippen molar-refractivity contribution in [2.45, 2.75) is 26.9 Å². The lowest BCUT2D eigenvalue weighted by Gasteiger charge is -2.08. The van der Waals surface area contributed by atoms with Crippen LogP contribution in [0.5, 0.6) is 0 Å². The lowest BCUT2D eigenvalue weighted by Crippen LogP contribution is -2.25. The molecule has 0 saturated heterocycles. The molecule has 0 aliphatic heterocycles. The summed E-state index contributed by atoms with van der Waals surface area (Å²) in [7, 11) is 0. The van der Waals surface area contributed by atoms with Crippen molar-refractivity contribution >= 4 is 50.1 Å². The van der Waals surface area contributed by atoms with E-state index in [0.717, 1.165) is 22.4 Å². The van der Waals surface area contributed by atoms with Crippen LogP contribution in [-0.4, -0.2) is 19.3 Å². The van der Waals surface area contributed by atoms with Gasteiger partial charge in [-0.3, -0.25) is 14.0 Å². The molecule has 0 aliphatic carbocycles. The summed E-state index contributed by atoms with van der Waals surface area (Å²) in [6.45, 7) is 5.09. The third-order valence-corrected chi connectivity index (χ3v) is 5.32. The largest absolute Gasteiger partial charge is 0.292 e. The zero-order valence-electron chi connectivity index (χ0n) is 10.3. The van der Waals surface area contributed by atoms with Crippen molar-refractivity contribution in [1.82, 2.24) is 19.3 Å². The predicted molar refractivity (Wildman–Crippen MR) is 85.7 cm³/mol. The summed E-state index contributed by atoms with van der Waals surface area (Å²) < 4.78 is 4.75. The van der Waals surface area contributed by atoms with Gasteiger partial charge in [-0.2, -0.15) is 5.10 Å². The van der Waals surface area contributed by atoms with Crippen molar-refractivity contribution in [3.8, 4) is 0 Å². The highest BCUT2D eigenvalue weighted by molar-refractivity contribution is 14.1. The number of nitrogens with zero attached hydrogens (tertiary/aromatic N) is 4. The summed E-state index contributed by atoms with van der Waals surface area (Å²) in [5, 5.41) is 4.64. The van der Waals surface area contributed by atoms with E-state index in [0.29, 0.717) is 10.1 Å². The fourth-order valence-electron chi connectivity index (χ4n) is 1.74. The highest BCUT2D eigenvalue weighted by Crippen LogP contribution is 2.21. The average Bonchev–Trinajstić information content (AvgIpc) is 2.66. The Morgan fingerprint density at radius 1 is 1.53 bits per heavy atom. The Hall–Kier alpha value is -0.410. The van der Waals surface area contributed by atoms with Crippen molar-refractivity contribution in [3.05, 3.63) is 41.3 Å². The van der Waals surface area contributed by atoms with Crippen LogP contribution in [0.15, 0.2) is 15.6 Å². The Morgan fingerprint density at radius 2 is 2.21 bits per heavy atom. The van der Waals surface area contributed by atoms with E-state index in [4.69, 9.17) is 11.6 Å². The third kappa shape index (κ3) is 2.87. The molecule has 8 heteroatoms. The van der Waals surface area contributed by atoms with Gasteiger partial charge in [-0.15, -0.1) is 0 Å². The molecule has 0 fully saturated rings. The first-order chi connectivity index (χ1) is 8.95. The van der Waals surface area contributed by atoms with Crippen LogP contribution in [0.4, 0.5) is 0 Å². The lowest BCUT2D eigenvalue weighted by molar-refractivity contribution is 0.586. The molecule has 102 valence electrons. The number of halogens is 3. The van der Waals surface area contributed by atoms with Crippen molar-refractivity contribution in [3.63, 3.8) is 0 Å². The van der Waals surface area contributed by atoms with Gasteiger partial charge in [0, 0.05) is 6.54 Å². The molecule has 19 heavy (non-hydrogen) atoms. The Morgan fingerprint density at radius 3 is 2.84 bits per heavy atom. The second-order valence-electron chi connectivity index (χ2n) is 3.94. The minimum atomic E-state index is -0.144.